The van der Waals surface area contributed by atoms with Gasteiger partial charge in [-0.15, -0.1) is 0 Å². The summed E-state index contributed by atoms with van der Waals surface area (Å²) in [5.74, 6) is 0. The monoisotopic (exact) mass is 262 g/mol. The lowest BCUT2D eigenvalue weighted by Gasteiger charge is -2.40. The molecule has 3 nitrogen and oxygen atoms in total. The van der Waals surface area contributed by atoms with Crippen LogP contribution in [0.25, 0.3) is 0 Å². The molecule has 1 aliphatic rings. The summed E-state index contributed by atoms with van der Waals surface area (Å²) in [6.45, 7) is 5.21. The smallest absolute Gasteiger partial charge is 0.0957 e. The van der Waals surface area contributed by atoms with Crippen molar-refractivity contribution in [3.05, 3.63) is 35.4 Å². The van der Waals surface area contributed by atoms with Crippen molar-refractivity contribution in [1.82, 2.24) is 9.80 Å². The third kappa shape index (κ3) is 3.56. The lowest BCUT2D eigenvalue weighted by molar-refractivity contribution is 0.0138. The topological polar surface area (TPSA) is 26.7 Å². The van der Waals surface area contributed by atoms with E-state index in [9.17, 15) is 5.11 Å². The second-order valence-corrected chi connectivity index (χ2v) is 5.75. The Morgan fingerprint density at radius 3 is 2.53 bits per heavy atom. The maximum atomic E-state index is 10.6. The Kier molecular flexibility index (Phi) is 4.97. The Morgan fingerprint density at radius 2 is 1.89 bits per heavy atom. The molecule has 1 fully saturated rings. The maximum absolute atomic E-state index is 10.6. The van der Waals surface area contributed by atoms with Crippen LogP contribution in [0, 0.1) is 0 Å². The number of piperazine rings is 1. The minimum Gasteiger partial charge on any atom is -0.387 e. The average molecular weight is 262 g/mol. The van der Waals surface area contributed by atoms with E-state index in [1.165, 1.54) is 5.56 Å². The van der Waals surface area contributed by atoms with Crippen LogP contribution >= 0.6 is 0 Å². The Labute approximate surface area is 116 Å². The predicted octanol–water partition coefficient (Wildman–Crippen LogP) is 1.92. The van der Waals surface area contributed by atoms with Crippen LogP contribution in [-0.2, 0) is 6.42 Å². The summed E-state index contributed by atoms with van der Waals surface area (Å²) in [5, 5.41) is 10.6. The molecule has 1 aliphatic heterocycles. The van der Waals surface area contributed by atoms with E-state index < -0.39 is 6.10 Å². The first-order valence-electron chi connectivity index (χ1n) is 7.27. The zero-order chi connectivity index (χ0) is 13.8. The van der Waals surface area contributed by atoms with Gasteiger partial charge < -0.3 is 10.0 Å². The molecular formula is C16H26N2O. The van der Waals surface area contributed by atoms with E-state index in [-0.39, 0.29) is 6.04 Å². The van der Waals surface area contributed by atoms with Crippen LogP contribution in [0.1, 0.15) is 30.6 Å². The van der Waals surface area contributed by atoms with Crippen molar-refractivity contribution in [2.45, 2.75) is 31.9 Å². The quantitative estimate of drug-likeness (QED) is 0.898. The summed E-state index contributed by atoms with van der Waals surface area (Å²) >= 11 is 0. The number of benzene rings is 1. The Morgan fingerprint density at radius 1 is 1.21 bits per heavy atom. The number of rotatable bonds is 4. The van der Waals surface area contributed by atoms with Crippen molar-refractivity contribution in [2.24, 2.45) is 0 Å². The Hall–Kier alpha value is -0.900. The second-order valence-electron chi connectivity index (χ2n) is 5.75. The van der Waals surface area contributed by atoms with Gasteiger partial charge in [0.05, 0.1) is 12.1 Å². The molecule has 2 rings (SSSR count). The fourth-order valence-corrected chi connectivity index (χ4v) is 2.78. The van der Waals surface area contributed by atoms with E-state index in [1.54, 1.807) is 0 Å². The van der Waals surface area contributed by atoms with Gasteiger partial charge in [0.2, 0.25) is 0 Å². The molecule has 2 atom stereocenters. The molecular weight excluding hydrogens is 236 g/mol. The summed E-state index contributed by atoms with van der Waals surface area (Å²) in [6.07, 6.45) is 1.88. The molecule has 0 saturated carbocycles. The van der Waals surface area contributed by atoms with Gasteiger partial charge in [0.15, 0.2) is 0 Å². The molecule has 1 N–H and O–H groups in total. The highest BCUT2D eigenvalue weighted by atomic mass is 16.3. The van der Waals surface area contributed by atoms with Crippen molar-refractivity contribution in [2.75, 3.05) is 33.7 Å². The van der Waals surface area contributed by atoms with E-state index in [1.807, 2.05) is 0 Å². The maximum Gasteiger partial charge on any atom is 0.0957 e. The molecule has 0 amide bonds. The number of hydrogen-bond acceptors (Lipinski definition) is 3. The van der Waals surface area contributed by atoms with Crippen LogP contribution in [0.4, 0.5) is 0 Å². The summed E-state index contributed by atoms with van der Waals surface area (Å²) in [6, 6.07) is 8.65. The minimum absolute atomic E-state index is 0.191. The highest BCUT2D eigenvalue weighted by molar-refractivity contribution is 5.25. The van der Waals surface area contributed by atoms with Crippen LogP contribution in [0.5, 0.6) is 0 Å². The first-order valence-corrected chi connectivity index (χ1v) is 7.27. The summed E-state index contributed by atoms with van der Waals surface area (Å²) in [5.41, 5.74) is 2.39. The van der Waals surface area contributed by atoms with Crippen molar-refractivity contribution >= 4 is 0 Å². The van der Waals surface area contributed by atoms with E-state index in [0.29, 0.717) is 0 Å². The van der Waals surface area contributed by atoms with Crippen LogP contribution < -0.4 is 0 Å². The van der Waals surface area contributed by atoms with Crippen LogP contribution in [-0.4, -0.2) is 54.7 Å². The van der Waals surface area contributed by atoms with E-state index in [4.69, 9.17) is 0 Å². The van der Waals surface area contributed by atoms with E-state index in [0.717, 1.165) is 38.0 Å². The minimum atomic E-state index is -0.400. The average Bonchev–Trinajstić information content (AvgIpc) is 2.42. The molecule has 0 aromatic heterocycles. The molecule has 0 radical (unpaired) electrons. The molecule has 1 saturated heterocycles. The molecule has 0 aliphatic carbocycles. The zero-order valence-electron chi connectivity index (χ0n) is 12.3. The van der Waals surface area contributed by atoms with Crippen molar-refractivity contribution in [3.8, 4) is 0 Å². The van der Waals surface area contributed by atoms with E-state index >= 15 is 0 Å². The molecule has 1 aromatic carbocycles. The Balaban J connectivity index is 2.07. The molecule has 106 valence electrons. The van der Waals surface area contributed by atoms with E-state index in [2.05, 4.69) is 55.1 Å². The Bertz CT molecular complexity index is 390. The fourth-order valence-electron chi connectivity index (χ4n) is 2.78. The van der Waals surface area contributed by atoms with Crippen LogP contribution in [0.15, 0.2) is 24.3 Å². The van der Waals surface area contributed by atoms with Crippen molar-refractivity contribution < 1.29 is 5.11 Å². The van der Waals surface area contributed by atoms with Crippen molar-refractivity contribution in [3.63, 3.8) is 0 Å². The lowest BCUT2D eigenvalue weighted by atomic mass is 9.97. The highest BCUT2D eigenvalue weighted by Gasteiger charge is 2.29. The van der Waals surface area contributed by atoms with Gasteiger partial charge in [-0.1, -0.05) is 37.6 Å². The van der Waals surface area contributed by atoms with Gasteiger partial charge in [0.25, 0.3) is 0 Å². The summed E-state index contributed by atoms with van der Waals surface area (Å²) in [4.78, 5) is 4.56. The molecule has 0 spiro atoms. The number of aliphatic hydroxyl groups is 1. The van der Waals surface area contributed by atoms with Crippen LogP contribution in [0.2, 0.25) is 0 Å². The van der Waals surface area contributed by atoms with Gasteiger partial charge in [-0.3, -0.25) is 4.90 Å². The number of nitrogens with zero attached hydrogens (tertiary/aromatic N) is 2. The van der Waals surface area contributed by atoms with Gasteiger partial charge in [0.1, 0.15) is 0 Å². The lowest BCUT2D eigenvalue weighted by Crippen LogP contribution is -2.52. The first-order chi connectivity index (χ1) is 9.11. The molecule has 1 heterocycles. The van der Waals surface area contributed by atoms with Gasteiger partial charge in [0, 0.05) is 19.6 Å². The third-order valence-corrected chi connectivity index (χ3v) is 4.12. The summed E-state index contributed by atoms with van der Waals surface area (Å²) in [7, 11) is 4.23. The summed E-state index contributed by atoms with van der Waals surface area (Å²) < 4.78 is 0. The third-order valence-electron chi connectivity index (χ3n) is 4.12. The van der Waals surface area contributed by atoms with Gasteiger partial charge >= 0.3 is 0 Å². The molecule has 3 heteroatoms. The molecule has 19 heavy (non-hydrogen) atoms. The van der Waals surface area contributed by atoms with Crippen LogP contribution in [0.3, 0.4) is 0 Å². The fraction of sp³-hybridized carbons (Fsp3) is 0.625. The van der Waals surface area contributed by atoms with Gasteiger partial charge in [-0.05, 0) is 31.6 Å². The van der Waals surface area contributed by atoms with Crippen molar-refractivity contribution in [1.29, 1.82) is 0 Å². The normalized spacial score (nSPS) is 23.5. The zero-order valence-corrected chi connectivity index (χ0v) is 12.3. The molecule has 0 bridgehead atoms. The second kappa shape index (κ2) is 6.51. The van der Waals surface area contributed by atoms with Gasteiger partial charge in [-0.25, -0.2) is 0 Å². The largest absolute Gasteiger partial charge is 0.387 e. The number of aliphatic hydroxyl groups excluding tert-OH is 1. The highest BCUT2D eigenvalue weighted by Crippen LogP contribution is 2.23. The number of aryl methyl sites for hydroxylation is 1. The molecule has 1 aromatic rings. The SMILES string of the molecule is CCCc1ccc(C(O)C2CN(C)CCN2C)cc1. The molecule has 2 unspecified atom stereocenters. The number of hydrogen-bond donors (Lipinski definition) is 1. The van der Waals surface area contributed by atoms with Gasteiger partial charge in [-0.2, -0.15) is 0 Å². The number of likely N-dealkylation sites (N-methyl/N-ethyl adjacent to an activating group) is 2. The predicted molar refractivity (Wildman–Crippen MR) is 79.3 cm³/mol. The first kappa shape index (κ1) is 14.5. The standard InChI is InChI=1S/C16H26N2O/c1-4-5-13-6-8-14(9-7-13)16(19)15-12-17(2)10-11-18(15)3/h6-9,15-16,19H,4-5,10-12H2,1-3H3.